The van der Waals surface area contributed by atoms with Gasteiger partial charge in [-0.2, -0.15) is 0 Å². The Morgan fingerprint density at radius 1 is 1.54 bits per heavy atom. The molecule has 1 N–H and O–H groups in total. The summed E-state index contributed by atoms with van der Waals surface area (Å²) in [6, 6.07) is 2.91. The van der Waals surface area contributed by atoms with E-state index >= 15 is 0 Å². The highest BCUT2D eigenvalue weighted by molar-refractivity contribution is 9.10. The van der Waals surface area contributed by atoms with Crippen molar-refractivity contribution in [1.29, 1.82) is 0 Å². The predicted molar refractivity (Wildman–Crippen MR) is 54.3 cm³/mol. The van der Waals surface area contributed by atoms with Crippen molar-refractivity contribution in [3.8, 4) is 0 Å². The van der Waals surface area contributed by atoms with Gasteiger partial charge in [0.2, 0.25) is 0 Å². The molecule has 0 aliphatic carbocycles. The van der Waals surface area contributed by atoms with Gasteiger partial charge in [0.1, 0.15) is 5.82 Å². The van der Waals surface area contributed by atoms with Gasteiger partial charge < -0.3 is 5.11 Å². The molecule has 1 atom stereocenters. The zero-order chi connectivity index (χ0) is 10.0. The van der Waals surface area contributed by atoms with E-state index in [1.54, 1.807) is 0 Å². The third-order valence-corrected chi connectivity index (χ3v) is 2.98. The van der Waals surface area contributed by atoms with E-state index in [2.05, 4.69) is 15.9 Å². The minimum absolute atomic E-state index is 0.0213. The molecule has 1 aromatic rings. The highest BCUT2D eigenvalue weighted by Gasteiger charge is 2.11. The van der Waals surface area contributed by atoms with E-state index in [9.17, 15) is 4.39 Å². The van der Waals surface area contributed by atoms with Crippen LogP contribution in [0.4, 0.5) is 4.39 Å². The summed E-state index contributed by atoms with van der Waals surface area (Å²) in [5.41, 5.74) is 1.84. The van der Waals surface area contributed by atoms with Gasteiger partial charge in [-0.3, -0.25) is 0 Å². The summed E-state index contributed by atoms with van der Waals surface area (Å²) in [6.45, 7) is 3.82. The molecule has 0 amide bonds. The van der Waals surface area contributed by atoms with Crippen molar-refractivity contribution in [2.75, 3.05) is 6.61 Å². The normalized spacial score (nSPS) is 13.0. The Morgan fingerprint density at radius 3 is 2.69 bits per heavy atom. The Kier molecular flexibility index (Phi) is 3.45. The molecule has 0 heterocycles. The first-order valence-electron chi connectivity index (χ1n) is 4.12. The lowest BCUT2D eigenvalue weighted by atomic mass is 9.97. The number of hydrogen-bond donors (Lipinski definition) is 1. The number of aliphatic hydroxyl groups excluding tert-OH is 1. The largest absolute Gasteiger partial charge is 0.396 e. The first kappa shape index (κ1) is 10.7. The maximum atomic E-state index is 13.0. The van der Waals surface area contributed by atoms with E-state index in [1.165, 1.54) is 12.1 Å². The smallest absolute Gasteiger partial charge is 0.124 e. The van der Waals surface area contributed by atoms with Crippen molar-refractivity contribution in [2.45, 2.75) is 19.8 Å². The van der Waals surface area contributed by atoms with Gasteiger partial charge in [-0.05, 0) is 30.2 Å². The van der Waals surface area contributed by atoms with Gasteiger partial charge in [-0.1, -0.05) is 22.9 Å². The van der Waals surface area contributed by atoms with Crippen LogP contribution in [0.1, 0.15) is 24.0 Å². The molecule has 13 heavy (non-hydrogen) atoms. The van der Waals surface area contributed by atoms with Crippen LogP contribution in [-0.4, -0.2) is 11.7 Å². The molecule has 0 aliphatic rings. The van der Waals surface area contributed by atoms with E-state index in [4.69, 9.17) is 5.11 Å². The second kappa shape index (κ2) is 4.20. The van der Waals surface area contributed by atoms with Crippen molar-refractivity contribution >= 4 is 15.9 Å². The topological polar surface area (TPSA) is 20.2 Å². The highest BCUT2D eigenvalue weighted by Crippen LogP contribution is 2.26. The number of hydrogen-bond acceptors (Lipinski definition) is 1. The Balaban J connectivity index is 3.20. The Labute approximate surface area is 85.7 Å². The first-order valence-corrected chi connectivity index (χ1v) is 4.92. The maximum Gasteiger partial charge on any atom is 0.124 e. The van der Waals surface area contributed by atoms with Crippen LogP contribution >= 0.6 is 15.9 Å². The summed E-state index contributed by atoms with van der Waals surface area (Å²) in [5.74, 6) is -0.292. The van der Waals surface area contributed by atoms with Gasteiger partial charge in [-0.15, -0.1) is 0 Å². The molecule has 0 fully saturated rings. The summed E-state index contributed by atoms with van der Waals surface area (Å²) in [6.07, 6.45) is 0. The number of benzene rings is 1. The van der Waals surface area contributed by atoms with Crippen LogP contribution in [0, 0.1) is 12.7 Å². The van der Waals surface area contributed by atoms with Crippen LogP contribution in [-0.2, 0) is 0 Å². The third kappa shape index (κ3) is 2.29. The van der Waals surface area contributed by atoms with Crippen LogP contribution in [0.15, 0.2) is 16.6 Å². The molecular formula is C10H12BrFO. The van der Waals surface area contributed by atoms with Gasteiger partial charge in [0.15, 0.2) is 0 Å². The van der Waals surface area contributed by atoms with Crippen LogP contribution < -0.4 is 0 Å². The maximum absolute atomic E-state index is 13.0. The zero-order valence-electron chi connectivity index (χ0n) is 7.64. The summed E-state index contributed by atoms with van der Waals surface area (Å²) < 4.78 is 13.7. The number of rotatable bonds is 2. The molecule has 0 radical (unpaired) electrons. The Hall–Kier alpha value is -0.410. The molecule has 0 aromatic heterocycles. The lowest BCUT2D eigenvalue weighted by Crippen LogP contribution is -2.02. The summed E-state index contributed by atoms with van der Waals surface area (Å²) in [7, 11) is 0. The second-order valence-corrected chi connectivity index (χ2v) is 4.04. The fourth-order valence-electron chi connectivity index (χ4n) is 1.28. The first-order chi connectivity index (χ1) is 6.06. The predicted octanol–water partition coefficient (Wildman–Crippen LogP) is 2.99. The van der Waals surface area contributed by atoms with Gasteiger partial charge in [0, 0.05) is 17.0 Å². The standard InChI is InChI=1S/C10H12BrFO/c1-6(5-13)9-3-8(12)4-10(11)7(9)2/h3-4,6,13H,5H2,1-2H3. The average Bonchev–Trinajstić information content (AvgIpc) is 2.10. The molecular weight excluding hydrogens is 235 g/mol. The SMILES string of the molecule is Cc1c(Br)cc(F)cc1C(C)CO. The molecule has 1 unspecified atom stereocenters. The minimum atomic E-state index is -0.271. The second-order valence-electron chi connectivity index (χ2n) is 3.19. The Morgan fingerprint density at radius 2 is 2.15 bits per heavy atom. The third-order valence-electron chi connectivity index (χ3n) is 2.15. The zero-order valence-corrected chi connectivity index (χ0v) is 9.23. The fourth-order valence-corrected chi connectivity index (χ4v) is 1.72. The molecule has 0 bridgehead atoms. The van der Waals surface area contributed by atoms with Crippen LogP contribution in [0.2, 0.25) is 0 Å². The van der Waals surface area contributed by atoms with Gasteiger partial charge in [0.25, 0.3) is 0 Å². The molecule has 0 saturated heterocycles. The van der Waals surface area contributed by atoms with E-state index in [-0.39, 0.29) is 18.3 Å². The van der Waals surface area contributed by atoms with Crippen molar-refractivity contribution in [3.63, 3.8) is 0 Å². The summed E-state index contributed by atoms with van der Waals surface area (Å²) >= 11 is 3.27. The Bertz CT molecular complexity index is 312. The minimum Gasteiger partial charge on any atom is -0.396 e. The van der Waals surface area contributed by atoms with E-state index in [0.717, 1.165) is 15.6 Å². The lowest BCUT2D eigenvalue weighted by Gasteiger charge is -2.13. The molecule has 3 heteroatoms. The molecule has 0 saturated carbocycles. The van der Waals surface area contributed by atoms with Crippen molar-refractivity contribution in [1.82, 2.24) is 0 Å². The lowest BCUT2D eigenvalue weighted by molar-refractivity contribution is 0.272. The molecule has 1 rings (SSSR count). The molecule has 72 valence electrons. The van der Waals surface area contributed by atoms with Crippen LogP contribution in [0.5, 0.6) is 0 Å². The van der Waals surface area contributed by atoms with Gasteiger partial charge >= 0.3 is 0 Å². The van der Waals surface area contributed by atoms with Gasteiger partial charge in [0.05, 0.1) is 0 Å². The van der Waals surface area contributed by atoms with E-state index in [0.29, 0.717) is 0 Å². The number of halogens is 2. The summed E-state index contributed by atoms with van der Waals surface area (Å²) in [5, 5.41) is 8.96. The van der Waals surface area contributed by atoms with Crippen molar-refractivity contribution in [3.05, 3.63) is 33.5 Å². The quantitative estimate of drug-likeness (QED) is 0.851. The van der Waals surface area contributed by atoms with Crippen molar-refractivity contribution in [2.24, 2.45) is 0 Å². The number of aliphatic hydroxyl groups is 1. The van der Waals surface area contributed by atoms with Crippen molar-refractivity contribution < 1.29 is 9.50 Å². The highest BCUT2D eigenvalue weighted by atomic mass is 79.9. The molecule has 0 spiro atoms. The van der Waals surface area contributed by atoms with E-state index < -0.39 is 0 Å². The van der Waals surface area contributed by atoms with Crippen LogP contribution in [0.25, 0.3) is 0 Å². The summed E-state index contributed by atoms with van der Waals surface area (Å²) in [4.78, 5) is 0. The fraction of sp³-hybridized carbons (Fsp3) is 0.400. The molecule has 1 nitrogen and oxygen atoms in total. The van der Waals surface area contributed by atoms with Gasteiger partial charge in [-0.25, -0.2) is 4.39 Å². The van der Waals surface area contributed by atoms with Crippen LogP contribution in [0.3, 0.4) is 0 Å². The molecule has 0 aliphatic heterocycles. The monoisotopic (exact) mass is 246 g/mol. The van der Waals surface area contributed by atoms with E-state index in [1.807, 2.05) is 13.8 Å². The molecule has 1 aromatic carbocycles. The average molecular weight is 247 g/mol.